The van der Waals surface area contributed by atoms with E-state index in [1.807, 2.05) is 0 Å². The molecule has 0 radical (unpaired) electrons. The van der Waals surface area contributed by atoms with Crippen molar-refractivity contribution >= 4 is 5.91 Å². The smallest absolute Gasteiger partial charge is 0.422 e. The van der Waals surface area contributed by atoms with Crippen LogP contribution >= 0.6 is 0 Å². The largest absolute Gasteiger partial charge is 0.484 e. The Bertz CT molecular complexity index is 565. The van der Waals surface area contributed by atoms with Crippen molar-refractivity contribution in [3.63, 3.8) is 0 Å². The van der Waals surface area contributed by atoms with Crippen LogP contribution in [0.1, 0.15) is 18.4 Å². The average Bonchev–Trinajstić information content (AvgIpc) is 2.45. The molecule has 1 heterocycles. The first-order valence-corrected chi connectivity index (χ1v) is 7.22. The third-order valence-corrected chi connectivity index (χ3v) is 3.77. The van der Waals surface area contributed by atoms with E-state index in [9.17, 15) is 23.1 Å². The van der Waals surface area contributed by atoms with Crippen LogP contribution in [0.3, 0.4) is 0 Å². The third-order valence-electron chi connectivity index (χ3n) is 3.77. The van der Waals surface area contributed by atoms with Gasteiger partial charge in [0.25, 0.3) is 5.91 Å². The van der Waals surface area contributed by atoms with Crippen LogP contribution in [0.25, 0.3) is 0 Å². The maximum absolute atomic E-state index is 12.3. The summed E-state index contributed by atoms with van der Waals surface area (Å²) in [6.45, 7) is -0.433. The third kappa shape index (κ3) is 4.84. The van der Waals surface area contributed by atoms with Gasteiger partial charge in [-0.15, -0.1) is 0 Å². The summed E-state index contributed by atoms with van der Waals surface area (Å²) < 4.78 is 41.7. The molecule has 1 unspecified atom stereocenters. The number of aliphatic hydroxyl groups is 1. The molecular formula is C15H19F3N2O3. The molecule has 1 aliphatic heterocycles. The summed E-state index contributed by atoms with van der Waals surface area (Å²) in [6, 6.07) is 6.40. The molecule has 1 atom stereocenters. The van der Waals surface area contributed by atoms with Gasteiger partial charge >= 0.3 is 6.18 Å². The first-order chi connectivity index (χ1) is 10.7. The molecule has 1 aliphatic rings. The Labute approximate surface area is 131 Å². The standard InChI is InChI=1S/C15H19F3N2O3/c16-15(17,18)10-23-12-5-2-1-4-11(12)8-20-7-3-6-14(22,9-20)13(19)21/h1-2,4-5,22H,3,6-10H2,(H2,19,21). The Hall–Kier alpha value is -1.80. The summed E-state index contributed by atoms with van der Waals surface area (Å²) in [5.41, 5.74) is 4.18. The van der Waals surface area contributed by atoms with Crippen LogP contribution < -0.4 is 10.5 Å². The second-order valence-corrected chi connectivity index (χ2v) is 5.72. The summed E-state index contributed by atoms with van der Waals surface area (Å²) in [5.74, 6) is -0.651. The number of carbonyl (C=O) groups is 1. The summed E-state index contributed by atoms with van der Waals surface area (Å²) in [4.78, 5) is 13.1. The van der Waals surface area contributed by atoms with Gasteiger partial charge in [-0.05, 0) is 25.5 Å². The van der Waals surface area contributed by atoms with Gasteiger partial charge in [-0.1, -0.05) is 18.2 Å². The zero-order chi connectivity index (χ0) is 17.1. The highest BCUT2D eigenvalue weighted by molar-refractivity contribution is 5.83. The normalized spacial score (nSPS) is 22.8. The van der Waals surface area contributed by atoms with Crippen LogP contribution in [-0.4, -0.2) is 47.4 Å². The van der Waals surface area contributed by atoms with Crippen LogP contribution in [0.4, 0.5) is 13.2 Å². The van der Waals surface area contributed by atoms with Crippen molar-refractivity contribution in [2.24, 2.45) is 5.73 Å². The number of likely N-dealkylation sites (tertiary alicyclic amines) is 1. The molecule has 0 bridgehead atoms. The number of ether oxygens (including phenoxy) is 1. The highest BCUT2D eigenvalue weighted by Crippen LogP contribution is 2.26. The van der Waals surface area contributed by atoms with Crippen LogP contribution in [0, 0.1) is 0 Å². The predicted molar refractivity (Wildman–Crippen MR) is 76.6 cm³/mol. The van der Waals surface area contributed by atoms with E-state index in [0.717, 1.165) is 0 Å². The van der Waals surface area contributed by atoms with E-state index in [4.69, 9.17) is 10.5 Å². The number of benzene rings is 1. The van der Waals surface area contributed by atoms with Crippen LogP contribution in [0.5, 0.6) is 5.75 Å². The number of nitrogens with zero attached hydrogens (tertiary/aromatic N) is 1. The number of hydrogen-bond acceptors (Lipinski definition) is 4. The number of nitrogens with two attached hydrogens (primary N) is 1. The first kappa shape index (κ1) is 17.6. The summed E-state index contributed by atoms with van der Waals surface area (Å²) >= 11 is 0. The molecule has 1 aromatic carbocycles. The van der Waals surface area contributed by atoms with Crippen molar-refractivity contribution in [2.45, 2.75) is 31.2 Å². The molecule has 1 fully saturated rings. The molecule has 0 aromatic heterocycles. The van der Waals surface area contributed by atoms with Crippen molar-refractivity contribution in [3.05, 3.63) is 29.8 Å². The Morgan fingerprint density at radius 3 is 2.74 bits per heavy atom. The number of rotatable bonds is 5. The lowest BCUT2D eigenvalue weighted by Gasteiger charge is -2.37. The number of β-amino-alcohol motifs (C(OH)–C–C–N with tert-alkyl or cyclic N) is 1. The molecule has 23 heavy (non-hydrogen) atoms. The van der Waals surface area contributed by atoms with Crippen molar-refractivity contribution in [1.29, 1.82) is 0 Å². The fraction of sp³-hybridized carbons (Fsp3) is 0.533. The molecule has 0 saturated carbocycles. The van der Waals surface area contributed by atoms with E-state index in [1.165, 1.54) is 6.07 Å². The number of primary amides is 1. The number of amides is 1. The zero-order valence-electron chi connectivity index (χ0n) is 12.5. The van der Waals surface area contributed by atoms with Gasteiger partial charge in [-0.25, -0.2) is 0 Å². The Kier molecular flexibility index (Phi) is 5.16. The molecule has 0 spiro atoms. The topological polar surface area (TPSA) is 75.8 Å². The number of alkyl halides is 3. The van der Waals surface area contributed by atoms with Gasteiger partial charge in [-0.2, -0.15) is 13.2 Å². The maximum Gasteiger partial charge on any atom is 0.422 e. The van der Waals surface area contributed by atoms with Gasteiger partial charge < -0.3 is 15.6 Å². The quantitative estimate of drug-likeness (QED) is 0.855. The molecular weight excluding hydrogens is 313 g/mol. The van der Waals surface area contributed by atoms with Gasteiger partial charge in [0.05, 0.1) is 0 Å². The molecule has 8 heteroatoms. The van der Waals surface area contributed by atoms with E-state index in [0.29, 0.717) is 18.5 Å². The Morgan fingerprint density at radius 2 is 2.09 bits per heavy atom. The minimum atomic E-state index is -4.41. The second-order valence-electron chi connectivity index (χ2n) is 5.72. The molecule has 3 N–H and O–H groups in total. The number of para-hydroxylation sites is 1. The predicted octanol–water partition coefficient (Wildman–Crippen LogP) is 1.44. The van der Waals surface area contributed by atoms with Gasteiger partial charge in [0.1, 0.15) is 5.75 Å². The van der Waals surface area contributed by atoms with E-state index < -0.39 is 24.3 Å². The van der Waals surface area contributed by atoms with E-state index in [-0.39, 0.29) is 25.3 Å². The van der Waals surface area contributed by atoms with E-state index in [1.54, 1.807) is 23.1 Å². The molecule has 1 amide bonds. The van der Waals surface area contributed by atoms with Crippen molar-refractivity contribution in [2.75, 3.05) is 19.7 Å². The summed E-state index contributed by atoms with van der Waals surface area (Å²) in [7, 11) is 0. The highest BCUT2D eigenvalue weighted by Gasteiger charge is 2.38. The van der Waals surface area contributed by atoms with Crippen LogP contribution in [0.2, 0.25) is 0 Å². The lowest BCUT2D eigenvalue weighted by atomic mass is 9.92. The molecule has 128 valence electrons. The van der Waals surface area contributed by atoms with Crippen LogP contribution in [-0.2, 0) is 11.3 Å². The summed E-state index contributed by atoms with van der Waals surface area (Å²) in [6.07, 6.45) is -3.56. The monoisotopic (exact) mass is 332 g/mol. The van der Waals surface area contributed by atoms with Gasteiger partial charge in [0, 0.05) is 18.7 Å². The molecule has 1 aromatic rings. The van der Waals surface area contributed by atoms with E-state index in [2.05, 4.69) is 0 Å². The Morgan fingerprint density at radius 1 is 1.39 bits per heavy atom. The fourth-order valence-corrected chi connectivity index (χ4v) is 2.63. The van der Waals surface area contributed by atoms with Gasteiger partial charge in [-0.3, -0.25) is 9.69 Å². The molecule has 5 nitrogen and oxygen atoms in total. The summed E-state index contributed by atoms with van der Waals surface area (Å²) in [5, 5.41) is 10.2. The van der Waals surface area contributed by atoms with Crippen molar-refractivity contribution < 1.29 is 27.8 Å². The maximum atomic E-state index is 12.3. The zero-order valence-corrected chi connectivity index (χ0v) is 12.5. The number of halogens is 3. The number of piperidine rings is 1. The fourth-order valence-electron chi connectivity index (χ4n) is 2.63. The second kappa shape index (κ2) is 6.76. The lowest BCUT2D eigenvalue weighted by molar-refractivity contribution is -0.153. The molecule has 2 rings (SSSR count). The average molecular weight is 332 g/mol. The number of carbonyl (C=O) groups excluding carboxylic acids is 1. The van der Waals surface area contributed by atoms with E-state index >= 15 is 0 Å². The first-order valence-electron chi connectivity index (χ1n) is 7.22. The lowest BCUT2D eigenvalue weighted by Crippen LogP contribution is -2.55. The minimum absolute atomic E-state index is 0.0515. The Balaban J connectivity index is 2.06. The highest BCUT2D eigenvalue weighted by atomic mass is 19.4. The molecule has 1 saturated heterocycles. The molecule has 0 aliphatic carbocycles. The van der Waals surface area contributed by atoms with Crippen LogP contribution in [0.15, 0.2) is 24.3 Å². The minimum Gasteiger partial charge on any atom is -0.484 e. The van der Waals surface area contributed by atoms with Crippen molar-refractivity contribution in [1.82, 2.24) is 4.90 Å². The number of hydrogen-bond donors (Lipinski definition) is 2. The van der Waals surface area contributed by atoms with Gasteiger partial charge in [0.2, 0.25) is 0 Å². The van der Waals surface area contributed by atoms with Crippen molar-refractivity contribution in [3.8, 4) is 5.75 Å². The SMILES string of the molecule is NC(=O)C1(O)CCCN(Cc2ccccc2OCC(F)(F)F)C1. The van der Waals surface area contributed by atoms with Gasteiger partial charge in [0.15, 0.2) is 12.2 Å².